The lowest BCUT2D eigenvalue weighted by Gasteiger charge is -2.26. The van der Waals surface area contributed by atoms with E-state index in [0.29, 0.717) is 11.9 Å². The molecule has 1 unspecified atom stereocenters. The molecular weight excluding hydrogens is 214 g/mol. The first-order valence-corrected chi connectivity index (χ1v) is 6.33. The molecule has 1 aliphatic heterocycles. The van der Waals surface area contributed by atoms with Gasteiger partial charge in [0.15, 0.2) is 0 Å². The molecule has 0 bridgehead atoms. The van der Waals surface area contributed by atoms with E-state index in [4.69, 9.17) is 4.74 Å². The molecule has 0 radical (unpaired) electrons. The lowest BCUT2D eigenvalue weighted by atomic mass is 10.2. The Labute approximate surface area is 103 Å². The average molecular weight is 235 g/mol. The van der Waals surface area contributed by atoms with Crippen LogP contribution in [0.2, 0.25) is 0 Å². The molecule has 4 nitrogen and oxygen atoms in total. The first kappa shape index (κ1) is 12.2. The summed E-state index contributed by atoms with van der Waals surface area (Å²) in [6, 6.07) is 6.52. The van der Waals surface area contributed by atoms with Crippen LogP contribution in [0, 0.1) is 0 Å². The Morgan fingerprint density at radius 3 is 3.18 bits per heavy atom. The Kier molecular flexibility index (Phi) is 4.20. The van der Waals surface area contributed by atoms with Gasteiger partial charge in [-0.3, -0.25) is 0 Å². The predicted molar refractivity (Wildman–Crippen MR) is 69.7 cm³/mol. The van der Waals surface area contributed by atoms with Crippen molar-refractivity contribution in [2.45, 2.75) is 25.8 Å². The number of aromatic nitrogens is 1. The van der Waals surface area contributed by atoms with Crippen LogP contribution < -0.4 is 15.0 Å². The van der Waals surface area contributed by atoms with Crippen molar-refractivity contribution in [3.8, 4) is 5.88 Å². The van der Waals surface area contributed by atoms with Crippen molar-refractivity contribution < 1.29 is 4.74 Å². The molecule has 2 rings (SSSR count). The third-order valence-electron chi connectivity index (χ3n) is 3.22. The van der Waals surface area contributed by atoms with E-state index < -0.39 is 0 Å². The van der Waals surface area contributed by atoms with Crippen molar-refractivity contribution in [1.82, 2.24) is 10.3 Å². The van der Waals surface area contributed by atoms with Crippen LogP contribution in [0.4, 0.5) is 5.82 Å². The molecule has 0 aliphatic carbocycles. The molecule has 1 fully saturated rings. The summed E-state index contributed by atoms with van der Waals surface area (Å²) < 4.78 is 5.18. The fraction of sp³-hybridized carbons (Fsp3) is 0.615. The molecule has 0 spiro atoms. The van der Waals surface area contributed by atoms with Gasteiger partial charge in [-0.05, 0) is 25.5 Å². The molecule has 1 aromatic rings. The average Bonchev–Trinajstić information content (AvgIpc) is 2.84. The van der Waals surface area contributed by atoms with Crippen LogP contribution >= 0.6 is 0 Å². The number of hydrogen-bond donors (Lipinski definition) is 1. The monoisotopic (exact) mass is 235 g/mol. The van der Waals surface area contributed by atoms with Gasteiger partial charge in [-0.15, -0.1) is 0 Å². The molecule has 4 heteroatoms. The Morgan fingerprint density at radius 2 is 2.41 bits per heavy atom. The van der Waals surface area contributed by atoms with E-state index in [1.165, 1.54) is 12.8 Å². The summed E-state index contributed by atoms with van der Waals surface area (Å²) in [5.74, 6) is 1.72. The maximum Gasteiger partial charge on any atom is 0.214 e. The summed E-state index contributed by atoms with van der Waals surface area (Å²) in [5.41, 5.74) is 0. The van der Waals surface area contributed by atoms with Gasteiger partial charge in [-0.25, -0.2) is 0 Å². The second kappa shape index (κ2) is 5.87. The van der Waals surface area contributed by atoms with Gasteiger partial charge in [0.25, 0.3) is 0 Å². The number of methoxy groups -OCH3 is 1. The molecule has 1 aliphatic rings. The topological polar surface area (TPSA) is 37.4 Å². The minimum Gasteiger partial charge on any atom is -0.481 e. The Bertz CT molecular complexity index is 356. The van der Waals surface area contributed by atoms with Crippen LogP contribution in [0.1, 0.15) is 19.8 Å². The van der Waals surface area contributed by atoms with Gasteiger partial charge >= 0.3 is 0 Å². The Balaban J connectivity index is 2.08. The van der Waals surface area contributed by atoms with Gasteiger partial charge in [0.05, 0.1) is 7.11 Å². The number of rotatable bonds is 5. The van der Waals surface area contributed by atoms with E-state index >= 15 is 0 Å². The van der Waals surface area contributed by atoms with Crippen molar-refractivity contribution in [3.05, 3.63) is 18.2 Å². The van der Waals surface area contributed by atoms with Gasteiger partial charge in [0, 0.05) is 25.2 Å². The SMILES string of the molecule is CCNCC1CCCN1c1cccc(OC)n1. The molecule has 1 atom stereocenters. The second-order valence-electron chi connectivity index (χ2n) is 4.34. The predicted octanol–water partition coefficient (Wildman–Crippen LogP) is 1.67. The lowest BCUT2D eigenvalue weighted by molar-refractivity contribution is 0.397. The van der Waals surface area contributed by atoms with Crippen molar-refractivity contribution in [1.29, 1.82) is 0 Å². The highest BCUT2D eigenvalue weighted by Gasteiger charge is 2.25. The minimum atomic E-state index is 0.564. The van der Waals surface area contributed by atoms with Crippen LogP contribution in [-0.2, 0) is 0 Å². The van der Waals surface area contributed by atoms with Crippen molar-refractivity contribution in [3.63, 3.8) is 0 Å². The number of ether oxygens (including phenoxy) is 1. The van der Waals surface area contributed by atoms with E-state index in [9.17, 15) is 0 Å². The van der Waals surface area contributed by atoms with Crippen LogP contribution in [0.5, 0.6) is 5.88 Å². The summed E-state index contributed by atoms with van der Waals surface area (Å²) in [5, 5.41) is 3.42. The molecule has 1 saturated heterocycles. The third kappa shape index (κ3) is 2.88. The first-order chi connectivity index (χ1) is 8.35. The quantitative estimate of drug-likeness (QED) is 0.842. The Hall–Kier alpha value is -1.29. The maximum absolute atomic E-state index is 5.18. The second-order valence-corrected chi connectivity index (χ2v) is 4.34. The number of hydrogen-bond acceptors (Lipinski definition) is 4. The zero-order chi connectivity index (χ0) is 12.1. The zero-order valence-electron chi connectivity index (χ0n) is 10.6. The van der Waals surface area contributed by atoms with Crippen LogP contribution in [0.15, 0.2) is 18.2 Å². The highest BCUT2D eigenvalue weighted by Crippen LogP contribution is 2.24. The van der Waals surface area contributed by atoms with Gasteiger partial charge in [-0.2, -0.15) is 4.98 Å². The molecule has 2 heterocycles. The maximum atomic E-state index is 5.18. The molecule has 0 amide bonds. The van der Waals surface area contributed by atoms with Gasteiger partial charge < -0.3 is 15.0 Å². The van der Waals surface area contributed by atoms with E-state index in [2.05, 4.69) is 28.2 Å². The zero-order valence-corrected chi connectivity index (χ0v) is 10.6. The largest absolute Gasteiger partial charge is 0.481 e. The van der Waals surface area contributed by atoms with Crippen LogP contribution in [0.25, 0.3) is 0 Å². The molecule has 1 N–H and O–H groups in total. The van der Waals surface area contributed by atoms with Crippen LogP contribution in [-0.4, -0.2) is 37.8 Å². The third-order valence-corrected chi connectivity index (χ3v) is 3.22. The fourth-order valence-corrected chi connectivity index (χ4v) is 2.34. The van der Waals surface area contributed by atoms with Crippen LogP contribution in [0.3, 0.4) is 0 Å². The van der Waals surface area contributed by atoms with E-state index in [0.717, 1.165) is 25.5 Å². The highest BCUT2D eigenvalue weighted by molar-refractivity contribution is 5.43. The van der Waals surface area contributed by atoms with E-state index in [-0.39, 0.29) is 0 Å². The summed E-state index contributed by atoms with van der Waals surface area (Å²) in [6.07, 6.45) is 2.49. The highest BCUT2D eigenvalue weighted by atomic mass is 16.5. The van der Waals surface area contributed by atoms with Gasteiger partial charge in [0.1, 0.15) is 5.82 Å². The minimum absolute atomic E-state index is 0.564. The lowest BCUT2D eigenvalue weighted by Crippen LogP contribution is -2.38. The van der Waals surface area contributed by atoms with E-state index in [1.807, 2.05) is 12.1 Å². The number of anilines is 1. The Morgan fingerprint density at radius 1 is 1.53 bits per heavy atom. The number of pyridine rings is 1. The molecule has 94 valence electrons. The van der Waals surface area contributed by atoms with Crippen molar-refractivity contribution in [2.24, 2.45) is 0 Å². The first-order valence-electron chi connectivity index (χ1n) is 6.33. The molecule has 1 aromatic heterocycles. The molecular formula is C13H21N3O. The van der Waals surface area contributed by atoms with Gasteiger partial charge in [-0.1, -0.05) is 13.0 Å². The molecule has 0 saturated carbocycles. The summed E-state index contributed by atoms with van der Waals surface area (Å²) >= 11 is 0. The summed E-state index contributed by atoms with van der Waals surface area (Å²) in [4.78, 5) is 6.89. The standard InChI is InChI=1S/C13H21N3O/c1-3-14-10-11-6-5-9-16(11)12-7-4-8-13(15-12)17-2/h4,7-8,11,14H,3,5-6,9-10H2,1-2H3. The summed E-state index contributed by atoms with van der Waals surface area (Å²) in [7, 11) is 1.66. The number of nitrogens with zero attached hydrogens (tertiary/aromatic N) is 2. The van der Waals surface area contributed by atoms with Gasteiger partial charge in [0.2, 0.25) is 5.88 Å². The summed E-state index contributed by atoms with van der Waals surface area (Å²) in [6.45, 7) is 5.30. The number of nitrogens with one attached hydrogen (secondary N) is 1. The molecule has 0 aromatic carbocycles. The van der Waals surface area contributed by atoms with E-state index in [1.54, 1.807) is 7.11 Å². The van der Waals surface area contributed by atoms with Crippen molar-refractivity contribution >= 4 is 5.82 Å². The van der Waals surface area contributed by atoms with Crippen molar-refractivity contribution in [2.75, 3.05) is 31.6 Å². The number of likely N-dealkylation sites (N-methyl/N-ethyl adjacent to an activating group) is 1. The smallest absolute Gasteiger partial charge is 0.214 e. The normalized spacial score (nSPS) is 19.6. The fourth-order valence-electron chi connectivity index (χ4n) is 2.34. The molecule has 17 heavy (non-hydrogen) atoms.